The summed E-state index contributed by atoms with van der Waals surface area (Å²) < 4.78 is 44.6. The van der Waals surface area contributed by atoms with E-state index in [9.17, 15) is 18.0 Å². The van der Waals surface area contributed by atoms with Crippen molar-refractivity contribution in [2.45, 2.75) is 26.1 Å². The highest BCUT2D eigenvalue weighted by Gasteiger charge is 2.30. The molecule has 0 amide bonds. The van der Waals surface area contributed by atoms with E-state index in [1.165, 1.54) is 23.9 Å². The van der Waals surface area contributed by atoms with Crippen LogP contribution in [0.15, 0.2) is 29.1 Å². The van der Waals surface area contributed by atoms with E-state index in [1.54, 1.807) is 13.8 Å². The van der Waals surface area contributed by atoms with Gasteiger partial charge in [0.15, 0.2) is 5.65 Å². The summed E-state index contributed by atoms with van der Waals surface area (Å²) in [5.74, 6) is 0. The molecule has 132 valence electrons. The fraction of sp³-hybridized carbons (Fsp3) is 0.312. The lowest BCUT2D eigenvalue weighted by Gasteiger charge is -2.15. The van der Waals surface area contributed by atoms with Crippen molar-refractivity contribution < 1.29 is 17.9 Å². The number of ether oxygens (including phenoxy) is 1. The second kappa shape index (κ2) is 5.91. The third-order valence-corrected chi connectivity index (χ3v) is 4.00. The zero-order valence-corrected chi connectivity index (χ0v) is 13.7. The lowest BCUT2D eigenvalue weighted by Crippen LogP contribution is -2.13. The summed E-state index contributed by atoms with van der Waals surface area (Å²) >= 11 is 0. The first kappa shape index (κ1) is 17.0. The molecule has 0 fully saturated rings. The van der Waals surface area contributed by atoms with Crippen LogP contribution >= 0.6 is 0 Å². The third kappa shape index (κ3) is 2.97. The van der Waals surface area contributed by atoms with E-state index in [0.717, 1.165) is 12.1 Å². The first-order valence-corrected chi connectivity index (χ1v) is 7.42. The summed E-state index contributed by atoms with van der Waals surface area (Å²) in [6.07, 6.45) is -4.39. The number of methoxy groups -OCH3 is 1. The van der Waals surface area contributed by atoms with E-state index in [4.69, 9.17) is 4.74 Å². The minimum atomic E-state index is -4.39. The van der Waals surface area contributed by atoms with Crippen LogP contribution in [-0.4, -0.2) is 26.9 Å². The number of rotatable bonds is 3. The van der Waals surface area contributed by atoms with Gasteiger partial charge in [-0.15, -0.1) is 0 Å². The van der Waals surface area contributed by atoms with E-state index < -0.39 is 17.8 Å². The number of nitrogens with zero attached hydrogens (tertiary/aromatic N) is 3. The quantitative estimate of drug-likeness (QED) is 0.786. The third-order valence-electron chi connectivity index (χ3n) is 4.00. The van der Waals surface area contributed by atoms with Crippen LogP contribution in [-0.2, 0) is 6.18 Å². The molecule has 1 N–H and O–H groups in total. The van der Waals surface area contributed by atoms with Crippen LogP contribution in [0.3, 0.4) is 0 Å². The predicted molar refractivity (Wildman–Crippen MR) is 84.7 cm³/mol. The van der Waals surface area contributed by atoms with Gasteiger partial charge < -0.3 is 4.74 Å². The summed E-state index contributed by atoms with van der Waals surface area (Å²) in [5, 5.41) is 4.65. The monoisotopic (exact) mass is 352 g/mol. The smallest absolute Gasteiger partial charge is 0.416 e. The van der Waals surface area contributed by atoms with Gasteiger partial charge in [-0.3, -0.25) is 9.78 Å². The van der Waals surface area contributed by atoms with Crippen molar-refractivity contribution >= 4 is 11.0 Å². The Hall–Kier alpha value is -2.84. The maximum Gasteiger partial charge on any atom is 0.416 e. The predicted octanol–water partition coefficient (Wildman–Crippen LogP) is 3.06. The standard InChI is InChI=1S/C16H15F3N4O2/c1-8-12-13(20-15(25-3)21-14(12)24)23(22-8)9(2)10-4-6-11(7-5-10)16(17,18)19/h4-7,9H,1-3H3,(H,20,21,24). The second-order valence-corrected chi connectivity index (χ2v) is 5.60. The van der Waals surface area contributed by atoms with Gasteiger partial charge in [0, 0.05) is 0 Å². The zero-order chi connectivity index (χ0) is 18.4. The largest absolute Gasteiger partial charge is 0.468 e. The molecule has 0 aliphatic rings. The van der Waals surface area contributed by atoms with Gasteiger partial charge in [0.1, 0.15) is 5.39 Å². The molecular weight excluding hydrogens is 337 g/mol. The Kier molecular flexibility index (Phi) is 4.02. The molecule has 6 nitrogen and oxygen atoms in total. The molecule has 0 bridgehead atoms. The highest BCUT2D eigenvalue weighted by molar-refractivity contribution is 5.77. The van der Waals surface area contributed by atoms with E-state index in [-0.39, 0.29) is 11.6 Å². The van der Waals surface area contributed by atoms with Crippen LogP contribution < -0.4 is 10.3 Å². The number of fused-ring (bicyclic) bond motifs is 1. The molecule has 2 aromatic heterocycles. The Bertz CT molecular complexity index is 974. The van der Waals surface area contributed by atoms with Gasteiger partial charge >= 0.3 is 6.18 Å². The number of nitrogens with one attached hydrogen (secondary N) is 1. The maximum absolute atomic E-state index is 12.7. The van der Waals surface area contributed by atoms with Crippen LogP contribution in [0.5, 0.6) is 6.01 Å². The molecule has 9 heteroatoms. The summed E-state index contributed by atoms with van der Waals surface area (Å²) in [6, 6.07) is 4.44. The molecular formula is C16H15F3N4O2. The van der Waals surface area contributed by atoms with Gasteiger partial charge in [0.2, 0.25) is 0 Å². The highest BCUT2D eigenvalue weighted by Crippen LogP contribution is 2.31. The highest BCUT2D eigenvalue weighted by atomic mass is 19.4. The lowest BCUT2D eigenvalue weighted by atomic mass is 10.1. The average Bonchev–Trinajstić information content (AvgIpc) is 2.90. The average molecular weight is 352 g/mol. The molecule has 0 aliphatic carbocycles. The maximum atomic E-state index is 12.7. The topological polar surface area (TPSA) is 72.8 Å². The number of benzene rings is 1. The minimum Gasteiger partial charge on any atom is -0.468 e. The van der Waals surface area contributed by atoms with Gasteiger partial charge in [-0.1, -0.05) is 12.1 Å². The van der Waals surface area contributed by atoms with Crippen molar-refractivity contribution in [2.75, 3.05) is 7.11 Å². The van der Waals surface area contributed by atoms with Crippen molar-refractivity contribution in [1.29, 1.82) is 0 Å². The van der Waals surface area contributed by atoms with Crippen LogP contribution in [0.4, 0.5) is 13.2 Å². The lowest BCUT2D eigenvalue weighted by molar-refractivity contribution is -0.137. The Labute approximate surface area is 140 Å². The SMILES string of the molecule is COc1nc2c(c(C)nn2C(C)c2ccc(C(F)(F)F)cc2)c(=O)[nH]1. The van der Waals surface area contributed by atoms with Gasteiger partial charge in [-0.25, -0.2) is 4.68 Å². The molecule has 0 saturated heterocycles. The number of aromatic amines is 1. The number of halogens is 3. The van der Waals surface area contributed by atoms with E-state index >= 15 is 0 Å². The number of aromatic nitrogens is 4. The summed E-state index contributed by atoms with van der Waals surface area (Å²) in [6.45, 7) is 3.44. The minimum absolute atomic E-state index is 0.0401. The zero-order valence-electron chi connectivity index (χ0n) is 13.7. The van der Waals surface area contributed by atoms with Gasteiger partial charge in [-0.2, -0.15) is 23.3 Å². The molecule has 0 radical (unpaired) electrons. The van der Waals surface area contributed by atoms with Crippen LogP contribution in [0.2, 0.25) is 0 Å². The molecule has 2 heterocycles. The molecule has 0 saturated carbocycles. The number of hydrogen-bond donors (Lipinski definition) is 1. The normalized spacial score (nSPS) is 13.2. The first-order valence-electron chi connectivity index (χ1n) is 7.42. The van der Waals surface area contributed by atoms with Gasteiger partial charge in [0.05, 0.1) is 24.4 Å². The molecule has 1 aromatic carbocycles. The molecule has 1 unspecified atom stereocenters. The first-order chi connectivity index (χ1) is 11.7. The molecule has 0 spiro atoms. The van der Waals surface area contributed by atoms with E-state index in [1.807, 2.05) is 0 Å². The fourth-order valence-electron chi connectivity index (χ4n) is 2.65. The Morgan fingerprint density at radius 1 is 1.24 bits per heavy atom. The van der Waals surface area contributed by atoms with Crippen molar-refractivity contribution in [3.05, 3.63) is 51.4 Å². The van der Waals surface area contributed by atoms with E-state index in [2.05, 4.69) is 15.1 Å². The summed E-state index contributed by atoms with van der Waals surface area (Å²) in [5.41, 5.74) is 0.292. The van der Waals surface area contributed by atoms with Crippen LogP contribution in [0, 0.1) is 6.92 Å². The van der Waals surface area contributed by atoms with E-state index in [0.29, 0.717) is 22.3 Å². The Balaban J connectivity index is 2.09. The van der Waals surface area contributed by atoms with Crippen LogP contribution in [0.25, 0.3) is 11.0 Å². The summed E-state index contributed by atoms with van der Waals surface area (Å²) in [7, 11) is 1.37. The van der Waals surface area contributed by atoms with Crippen LogP contribution in [0.1, 0.15) is 29.8 Å². The van der Waals surface area contributed by atoms with Crippen molar-refractivity contribution in [3.8, 4) is 6.01 Å². The van der Waals surface area contributed by atoms with Crippen molar-refractivity contribution in [1.82, 2.24) is 19.7 Å². The van der Waals surface area contributed by atoms with Crippen molar-refractivity contribution in [3.63, 3.8) is 0 Å². The number of alkyl halides is 3. The molecule has 1 atom stereocenters. The molecule has 3 aromatic rings. The molecule has 3 rings (SSSR count). The Morgan fingerprint density at radius 3 is 2.44 bits per heavy atom. The number of aryl methyl sites for hydroxylation is 1. The second-order valence-electron chi connectivity index (χ2n) is 5.60. The fourth-order valence-corrected chi connectivity index (χ4v) is 2.65. The number of H-pyrrole nitrogens is 1. The number of hydrogen-bond acceptors (Lipinski definition) is 4. The molecule has 25 heavy (non-hydrogen) atoms. The van der Waals surface area contributed by atoms with Crippen molar-refractivity contribution in [2.24, 2.45) is 0 Å². The van der Waals surface area contributed by atoms with Gasteiger partial charge in [0.25, 0.3) is 11.6 Å². The van der Waals surface area contributed by atoms with Gasteiger partial charge in [-0.05, 0) is 31.5 Å². The Morgan fingerprint density at radius 2 is 1.88 bits per heavy atom. The summed E-state index contributed by atoms with van der Waals surface area (Å²) in [4.78, 5) is 18.9. The molecule has 0 aliphatic heterocycles.